The van der Waals surface area contributed by atoms with Crippen LogP contribution in [0.15, 0.2) is 74.6 Å². The molecular formula is C27H22FNO6S2. The molecule has 10 heteroatoms. The van der Waals surface area contributed by atoms with Gasteiger partial charge in [0.2, 0.25) is 11.2 Å². The van der Waals surface area contributed by atoms with Crippen molar-refractivity contribution in [3.63, 3.8) is 0 Å². The van der Waals surface area contributed by atoms with Gasteiger partial charge in [0.1, 0.15) is 30.4 Å². The van der Waals surface area contributed by atoms with E-state index >= 15 is 0 Å². The van der Waals surface area contributed by atoms with Crippen molar-refractivity contribution < 1.29 is 27.9 Å². The number of carbonyl (C=O) groups excluding carboxylic acids is 2. The van der Waals surface area contributed by atoms with E-state index in [4.69, 9.17) is 13.9 Å². The second kappa shape index (κ2) is 11.5. The van der Waals surface area contributed by atoms with Gasteiger partial charge >= 0.3 is 0 Å². The van der Waals surface area contributed by atoms with Gasteiger partial charge in [-0.05, 0) is 72.5 Å². The molecule has 0 saturated carbocycles. The molecule has 1 saturated heterocycles. The Morgan fingerprint density at radius 3 is 2.68 bits per heavy atom. The molecule has 1 N–H and O–H groups in total. The maximum Gasteiger partial charge on any atom is 0.290 e. The van der Waals surface area contributed by atoms with Crippen LogP contribution >= 0.6 is 23.5 Å². The van der Waals surface area contributed by atoms with Crippen LogP contribution in [0.4, 0.5) is 9.18 Å². The van der Waals surface area contributed by atoms with Crippen LogP contribution in [0.2, 0.25) is 0 Å². The molecule has 0 atom stereocenters. The molecule has 190 valence electrons. The number of halogens is 1. The molecule has 0 unspecified atom stereocenters. The zero-order valence-electron chi connectivity index (χ0n) is 20.0. The molecule has 1 aromatic heterocycles. The minimum absolute atomic E-state index is 0.00277. The van der Waals surface area contributed by atoms with E-state index < -0.39 is 22.4 Å². The fourth-order valence-corrected chi connectivity index (χ4v) is 4.77. The van der Waals surface area contributed by atoms with Crippen molar-refractivity contribution in [2.24, 2.45) is 0 Å². The van der Waals surface area contributed by atoms with Crippen LogP contribution in [0.3, 0.4) is 0 Å². The summed E-state index contributed by atoms with van der Waals surface area (Å²) in [6, 6.07) is 10.8. The maximum atomic E-state index is 13.8. The van der Waals surface area contributed by atoms with Crippen molar-refractivity contribution in [2.45, 2.75) is 13.8 Å². The summed E-state index contributed by atoms with van der Waals surface area (Å²) < 4.78 is 31.2. The first-order valence-electron chi connectivity index (χ1n) is 11.1. The molecule has 2 aromatic carbocycles. The fourth-order valence-electron chi connectivity index (χ4n) is 3.48. The zero-order valence-corrected chi connectivity index (χ0v) is 21.6. The van der Waals surface area contributed by atoms with Crippen LogP contribution in [-0.4, -0.2) is 24.4 Å². The Bertz CT molecular complexity index is 1530. The van der Waals surface area contributed by atoms with E-state index in [-0.39, 0.29) is 35.7 Å². The third-order valence-electron chi connectivity index (χ3n) is 5.23. The molecule has 0 bridgehead atoms. The molecule has 37 heavy (non-hydrogen) atoms. The number of thioether (sulfide) groups is 2. The Labute approximate surface area is 220 Å². The van der Waals surface area contributed by atoms with Gasteiger partial charge in [-0.15, -0.1) is 0 Å². The van der Waals surface area contributed by atoms with Crippen molar-refractivity contribution in [1.82, 2.24) is 5.32 Å². The van der Waals surface area contributed by atoms with Crippen molar-refractivity contribution in [2.75, 3.05) is 13.2 Å². The highest BCUT2D eigenvalue weighted by Gasteiger charge is 2.27. The highest BCUT2D eigenvalue weighted by atomic mass is 32.2. The SMILES string of the molecule is C=C(S/C=C\C)c1oc2ccc(F)cc2c(=O)c1OCCOc1cccc(/C(C)=C2\SC(=O)NC2=O)c1. The molecular weight excluding hydrogens is 517 g/mol. The quantitative estimate of drug-likeness (QED) is 0.249. The number of rotatable bonds is 9. The number of hydrogen-bond acceptors (Lipinski definition) is 8. The Morgan fingerprint density at radius 2 is 1.95 bits per heavy atom. The molecule has 2 amide bonds. The number of imide groups is 1. The molecule has 0 spiro atoms. The second-order valence-electron chi connectivity index (χ2n) is 7.76. The van der Waals surface area contributed by atoms with E-state index in [0.717, 1.165) is 23.4 Å². The average Bonchev–Trinajstić information content (AvgIpc) is 3.23. The van der Waals surface area contributed by atoms with Gasteiger partial charge in [-0.3, -0.25) is 19.7 Å². The summed E-state index contributed by atoms with van der Waals surface area (Å²) in [5, 5.41) is 3.69. The van der Waals surface area contributed by atoms with E-state index in [1.807, 2.05) is 19.1 Å². The van der Waals surface area contributed by atoms with Crippen LogP contribution < -0.4 is 20.2 Å². The Balaban J connectivity index is 1.51. The van der Waals surface area contributed by atoms with E-state index in [0.29, 0.717) is 21.1 Å². The third kappa shape index (κ3) is 5.98. The first-order valence-corrected chi connectivity index (χ1v) is 12.8. The highest BCUT2D eigenvalue weighted by Crippen LogP contribution is 2.34. The Morgan fingerprint density at radius 1 is 1.16 bits per heavy atom. The zero-order chi connectivity index (χ0) is 26.5. The first-order chi connectivity index (χ1) is 17.8. The Hall–Kier alpha value is -3.76. The van der Waals surface area contributed by atoms with Gasteiger partial charge in [0.25, 0.3) is 11.1 Å². The van der Waals surface area contributed by atoms with Gasteiger partial charge in [-0.25, -0.2) is 4.39 Å². The summed E-state index contributed by atoms with van der Waals surface area (Å²) in [6.07, 6.45) is 1.82. The average molecular weight is 540 g/mol. The summed E-state index contributed by atoms with van der Waals surface area (Å²) >= 11 is 2.12. The minimum Gasteiger partial charge on any atom is -0.490 e. The number of carbonyl (C=O) groups is 2. The van der Waals surface area contributed by atoms with Gasteiger partial charge < -0.3 is 13.9 Å². The lowest BCUT2D eigenvalue weighted by atomic mass is 10.1. The normalized spacial score (nSPS) is 14.8. The predicted octanol–water partition coefficient (Wildman–Crippen LogP) is 6.34. The van der Waals surface area contributed by atoms with Crippen LogP contribution in [-0.2, 0) is 4.79 Å². The molecule has 2 heterocycles. The predicted molar refractivity (Wildman–Crippen MR) is 145 cm³/mol. The van der Waals surface area contributed by atoms with Gasteiger partial charge in [0.05, 0.1) is 15.2 Å². The van der Waals surface area contributed by atoms with Crippen LogP contribution in [0.1, 0.15) is 25.2 Å². The molecule has 4 rings (SSSR count). The first kappa shape index (κ1) is 26.3. The van der Waals surface area contributed by atoms with Crippen molar-refractivity contribution in [3.8, 4) is 11.5 Å². The summed E-state index contributed by atoms with van der Waals surface area (Å²) in [4.78, 5) is 37.4. The van der Waals surface area contributed by atoms with Crippen molar-refractivity contribution in [1.29, 1.82) is 0 Å². The van der Waals surface area contributed by atoms with E-state index in [9.17, 15) is 18.8 Å². The molecule has 3 aromatic rings. The smallest absolute Gasteiger partial charge is 0.290 e. The summed E-state index contributed by atoms with van der Waals surface area (Å²) in [7, 11) is 0. The van der Waals surface area contributed by atoms with E-state index in [1.165, 1.54) is 23.9 Å². The number of allylic oxidation sites excluding steroid dienone is 2. The molecule has 0 radical (unpaired) electrons. The summed E-state index contributed by atoms with van der Waals surface area (Å²) in [6.45, 7) is 7.66. The van der Waals surface area contributed by atoms with Crippen molar-refractivity contribution in [3.05, 3.63) is 92.8 Å². The third-order valence-corrected chi connectivity index (χ3v) is 7.09. The van der Waals surface area contributed by atoms with Crippen molar-refractivity contribution >= 4 is 56.1 Å². The molecule has 1 aliphatic heterocycles. The number of fused-ring (bicyclic) bond motifs is 1. The van der Waals surface area contributed by atoms with Gasteiger partial charge in [-0.2, -0.15) is 0 Å². The lowest BCUT2D eigenvalue weighted by molar-refractivity contribution is -0.115. The van der Waals surface area contributed by atoms with Crippen LogP contribution in [0.25, 0.3) is 21.4 Å². The number of hydrogen-bond donors (Lipinski definition) is 1. The lowest BCUT2D eigenvalue weighted by Gasteiger charge is -2.13. The lowest BCUT2D eigenvalue weighted by Crippen LogP contribution is -2.18. The maximum absolute atomic E-state index is 13.8. The molecule has 1 aliphatic rings. The van der Waals surface area contributed by atoms with Gasteiger partial charge in [0.15, 0.2) is 5.76 Å². The Kier molecular flexibility index (Phi) is 8.20. The van der Waals surface area contributed by atoms with Crippen LogP contribution in [0.5, 0.6) is 11.5 Å². The van der Waals surface area contributed by atoms with E-state index in [2.05, 4.69) is 11.9 Å². The summed E-state index contributed by atoms with van der Waals surface area (Å²) in [5.74, 6) is -0.389. The second-order valence-corrected chi connectivity index (χ2v) is 9.75. The number of ether oxygens (including phenoxy) is 2. The molecule has 0 aliphatic carbocycles. The van der Waals surface area contributed by atoms with Gasteiger partial charge in [-0.1, -0.05) is 36.5 Å². The van der Waals surface area contributed by atoms with E-state index in [1.54, 1.807) is 30.5 Å². The summed E-state index contributed by atoms with van der Waals surface area (Å²) in [5.41, 5.74) is 1.09. The van der Waals surface area contributed by atoms with Crippen LogP contribution in [0, 0.1) is 5.82 Å². The topological polar surface area (TPSA) is 94.8 Å². The molecule has 7 nitrogen and oxygen atoms in total. The monoisotopic (exact) mass is 539 g/mol. The number of nitrogens with one attached hydrogen (secondary N) is 1. The highest BCUT2D eigenvalue weighted by molar-refractivity contribution is 8.18. The van der Waals surface area contributed by atoms with Gasteiger partial charge in [0, 0.05) is 0 Å². The minimum atomic E-state index is -0.563. The molecule has 1 fully saturated rings. The fraction of sp³-hybridized carbons (Fsp3) is 0.148. The number of amides is 2. The number of benzene rings is 2. The standard InChI is InChI=1S/C27H22FNO6S2/c1-4-12-36-16(3)23-24(22(30)20-14-18(28)8-9-21(20)35-23)34-11-10-33-19-7-5-6-17(13-19)15(2)25-26(31)29-27(32)37-25/h4-9,12-14H,3,10-11H2,1-2H3,(H,29,31,32)/b12-4-,25-15-. The largest absolute Gasteiger partial charge is 0.490 e.